The Bertz CT molecular complexity index is 908. The van der Waals surface area contributed by atoms with Crippen LogP contribution >= 0.6 is 0 Å². The third-order valence-corrected chi connectivity index (χ3v) is 3.17. The van der Waals surface area contributed by atoms with E-state index >= 15 is 0 Å². The smallest absolute Gasteiger partial charge is 0.344 e. The zero-order valence-electron chi connectivity index (χ0n) is 13.8. The van der Waals surface area contributed by atoms with Gasteiger partial charge in [0.15, 0.2) is 6.61 Å². The lowest BCUT2D eigenvalue weighted by Crippen LogP contribution is -2.21. The second kappa shape index (κ2) is 7.93. The Morgan fingerprint density at radius 2 is 1.96 bits per heavy atom. The van der Waals surface area contributed by atoms with E-state index in [1.165, 1.54) is 12.3 Å². The number of nitrogens with one attached hydrogen (secondary N) is 1. The zero-order chi connectivity index (χ0) is 18.4. The first-order valence-electron chi connectivity index (χ1n) is 7.70. The van der Waals surface area contributed by atoms with E-state index in [1.54, 1.807) is 43.3 Å². The third kappa shape index (κ3) is 4.44. The highest BCUT2D eigenvalue weighted by molar-refractivity contribution is 5.96. The number of anilines is 1. The first-order chi connectivity index (χ1) is 12.6. The Hall–Kier alpha value is -3.68. The molecule has 0 unspecified atom stereocenters. The summed E-state index contributed by atoms with van der Waals surface area (Å²) < 4.78 is 15.5. The van der Waals surface area contributed by atoms with Crippen LogP contribution in [0.5, 0.6) is 11.6 Å². The summed E-state index contributed by atoms with van der Waals surface area (Å²) in [6.45, 7) is 1.23. The molecule has 8 heteroatoms. The van der Waals surface area contributed by atoms with Crippen LogP contribution in [0.15, 0.2) is 59.3 Å². The van der Waals surface area contributed by atoms with Gasteiger partial charge < -0.3 is 14.0 Å². The molecule has 2 heterocycles. The highest BCUT2D eigenvalue weighted by atomic mass is 16.5. The summed E-state index contributed by atoms with van der Waals surface area (Å²) in [7, 11) is 0. The molecule has 1 N–H and O–H groups in total. The van der Waals surface area contributed by atoms with Crippen LogP contribution in [0, 0.1) is 6.92 Å². The first kappa shape index (κ1) is 17.2. The van der Waals surface area contributed by atoms with Gasteiger partial charge in [-0.3, -0.25) is 10.1 Å². The van der Waals surface area contributed by atoms with Crippen molar-refractivity contribution in [2.24, 2.45) is 0 Å². The van der Waals surface area contributed by atoms with E-state index < -0.39 is 18.5 Å². The van der Waals surface area contributed by atoms with Crippen molar-refractivity contribution in [3.63, 3.8) is 0 Å². The fourth-order valence-electron chi connectivity index (χ4n) is 2.03. The number of carbonyl (C=O) groups is 2. The quantitative estimate of drug-likeness (QED) is 0.679. The van der Waals surface area contributed by atoms with Crippen molar-refractivity contribution in [3.05, 3.63) is 66.0 Å². The van der Waals surface area contributed by atoms with E-state index in [1.807, 2.05) is 6.07 Å². The van der Waals surface area contributed by atoms with Gasteiger partial charge >= 0.3 is 5.97 Å². The Balaban J connectivity index is 1.62. The van der Waals surface area contributed by atoms with E-state index in [2.05, 4.69) is 15.5 Å². The molecule has 2 aromatic heterocycles. The largest absolute Gasteiger partial charge is 0.452 e. The van der Waals surface area contributed by atoms with Crippen molar-refractivity contribution in [3.8, 4) is 11.6 Å². The normalized spacial score (nSPS) is 10.2. The second-order valence-electron chi connectivity index (χ2n) is 5.23. The summed E-state index contributed by atoms with van der Waals surface area (Å²) in [5.41, 5.74) is 0.732. The monoisotopic (exact) mass is 353 g/mol. The SMILES string of the molecule is Cc1cc(NC(=O)COC(=O)c2cccnc2Oc2ccccc2)on1. The number of ether oxygens (including phenoxy) is 2. The van der Waals surface area contributed by atoms with E-state index in [-0.39, 0.29) is 17.3 Å². The summed E-state index contributed by atoms with van der Waals surface area (Å²) in [6.07, 6.45) is 1.49. The van der Waals surface area contributed by atoms with Gasteiger partial charge in [0.25, 0.3) is 5.91 Å². The number of benzene rings is 1. The van der Waals surface area contributed by atoms with Crippen LogP contribution < -0.4 is 10.1 Å². The van der Waals surface area contributed by atoms with Crippen molar-refractivity contribution in [1.82, 2.24) is 10.1 Å². The lowest BCUT2D eigenvalue weighted by atomic mass is 10.2. The predicted octanol–water partition coefficient (Wildman–Crippen LogP) is 2.97. The van der Waals surface area contributed by atoms with Crippen LogP contribution in [0.2, 0.25) is 0 Å². The summed E-state index contributed by atoms with van der Waals surface area (Å²) in [5, 5.41) is 6.07. The molecular formula is C18H15N3O5. The molecule has 0 aliphatic heterocycles. The molecule has 0 aliphatic carbocycles. The molecule has 0 saturated heterocycles. The van der Waals surface area contributed by atoms with Crippen molar-refractivity contribution in [2.45, 2.75) is 6.92 Å². The molecule has 1 amide bonds. The van der Waals surface area contributed by atoms with E-state index in [9.17, 15) is 9.59 Å². The first-order valence-corrected chi connectivity index (χ1v) is 7.70. The van der Waals surface area contributed by atoms with Crippen molar-refractivity contribution in [2.75, 3.05) is 11.9 Å². The van der Waals surface area contributed by atoms with Crippen molar-refractivity contribution < 1.29 is 23.6 Å². The van der Waals surface area contributed by atoms with E-state index in [4.69, 9.17) is 14.0 Å². The minimum atomic E-state index is -0.729. The van der Waals surface area contributed by atoms with Gasteiger partial charge in [-0.2, -0.15) is 0 Å². The maximum Gasteiger partial charge on any atom is 0.344 e. The van der Waals surface area contributed by atoms with Crippen molar-refractivity contribution >= 4 is 17.8 Å². The molecule has 0 aliphatic rings. The lowest BCUT2D eigenvalue weighted by Gasteiger charge is -2.09. The van der Waals surface area contributed by atoms with Crippen LogP contribution in [-0.2, 0) is 9.53 Å². The summed E-state index contributed by atoms with van der Waals surface area (Å²) in [4.78, 5) is 28.1. The molecule has 26 heavy (non-hydrogen) atoms. The summed E-state index contributed by atoms with van der Waals surface area (Å²) >= 11 is 0. The van der Waals surface area contributed by atoms with Crippen LogP contribution in [0.3, 0.4) is 0 Å². The molecule has 3 aromatic rings. The van der Waals surface area contributed by atoms with Gasteiger partial charge in [-0.25, -0.2) is 9.78 Å². The van der Waals surface area contributed by atoms with Gasteiger partial charge in [-0.15, -0.1) is 0 Å². The number of carbonyl (C=O) groups excluding carboxylic acids is 2. The number of para-hydroxylation sites is 1. The van der Waals surface area contributed by atoms with Gasteiger partial charge in [0.05, 0.1) is 5.69 Å². The minimum absolute atomic E-state index is 0.0926. The summed E-state index contributed by atoms with van der Waals surface area (Å²) in [6, 6.07) is 13.5. The fourth-order valence-corrected chi connectivity index (χ4v) is 2.03. The Kier molecular flexibility index (Phi) is 5.23. The second-order valence-corrected chi connectivity index (χ2v) is 5.23. The van der Waals surface area contributed by atoms with Gasteiger partial charge in [-0.1, -0.05) is 23.4 Å². The fraction of sp³-hybridized carbons (Fsp3) is 0.111. The number of rotatable bonds is 6. The highest BCUT2D eigenvalue weighted by Crippen LogP contribution is 2.23. The number of esters is 1. The zero-order valence-corrected chi connectivity index (χ0v) is 13.8. The molecule has 132 valence electrons. The van der Waals surface area contributed by atoms with Crippen molar-refractivity contribution in [1.29, 1.82) is 0 Å². The molecule has 1 aromatic carbocycles. The lowest BCUT2D eigenvalue weighted by molar-refractivity contribution is -0.119. The number of aryl methyl sites for hydroxylation is 1. The maximum atomic E-state index is 12.3. The van der Waals surface area contributed by atoms with Gasteiger partial charge in [0.2, 0.25) is 11.8 Å². The predicted molar refractivity (Wildman–Crippen MR) is 90.9 cm³/mol. The Labute approximate surface area is 148 Å². The Morgan fingerprint density at radius 1 is 1.15 bits per heavy atom. The summed E-state index contributed by atoms with van der Waals surface area (Å²) in [5.74, 6) is -0.483. The standard InChI is InChI=1S/C18H15N3O5/c1-12-10-16(26-21-12)20-15(22)11-24-18(23)14-8-5-9-19-17(14)25-13-6-3-2-4-7-13/h2-10H,11H2,1H3,(H,20,22). The number of amides is 1. The number of pyridine rings is 1. The van der Waals surface area contributed by atoms with Gasteiger partial charge in [0, 0.05) is 12.3 Å². The molecular weight excluding hydrogens is 338 g/mol. The van der Waals surface area contributed by atoms with E-state index in [0.717, 1.165) is 0 Å². The molecule has 0 radical (unpaired) electrons. The van der Waals surface area contributed by atoms with Gasteiger partial charge in [0.1, 0.15) is 11.3 Å². The highest BCUT2D eigenvalue weighted by Gasteiger charge is 2.17. The van der Waals surface area contributed by atoms with E-state index in [0.29, 0.717) is 11.4 Å². The topological polar surface area (TPSA) is 104 Å². The van der Waals surface area contributed by atoms with Gasteiger partial charge in [-0.05, 0) is 31.2 Å². The molecule has 0 atom stereocenters. The number of hydrogen-bond acceptors (Lipinski definition) is 7. The molecule has 0 saturated carbocycles. The molecule has 3 rings (SSSR count). The van der Waals surface area contributed by atoms with Crippen LogP contribution in [0.4, 0.5) is 5.88 Å². The molecule has 0 fully saturated rings. The molecule has 0 spiro atoms. The molecule has 8 nitrogen and oxygen atoms in total. The third-order valence-electron chi connectivity index (χ3n) is 3.17. The Morgan fingerprint density at radius 3 is 2.69 bits per heavy atom. The van der Waals surface area contributed by atoms with Crippen LogP contribution in [-0.4, -0.2) is 28.6 Å². The number of hydrogen-bond donors (Lipinski definition) is 1. The van der Waals surface area contributed by atoms with Crippen LogP contribution in [0.1, 0.15) is 16.1 Å². The average molecular weight is 353 g/mol. The number of nitrogens with zero attached hydrogens (tertiary/aromatic N) is 2. The van der Waals surface area contributed by atoms with Crippen LogP contribution in [0.25, 0.3) is 0 Å². The minimum Gasteiger partial charge on any atom is -0.452 e. The maximum absolute atomic E-state index is 12.3. The molecule has 0 bridgehead atoms. The number of aromatic nitrogens is 2. The average Bonchev–Trinajstić information content (AvgIpc) is 3.06.